The molecule has 0 spiro atoms. The van der Waals surface area contributed by atoms with Crippen LogP contribution in [0.4, 0.5) is 5.69 Å². The highest BCUT2D eigenvalue weighted by molar-refractivity contribution is 5.95. The molecule has 104 valence electrons. The van der Waals surface area contributed by atoms with Crippen LogP contribution in [0, 0.1) is 6.92 Å². The van der Waals surface area contributed by atoms with Crippen LogP contribution < -0.4 is 10.6 Å². The lowest BCUT2D eigenvalue weighted by atomic mass is 10.1. The molecule has 0 bridgehead atoms. The van der Waals surface area contributed by atoms with Gasteiger partial charge in [0.1, 0.15) is 5.69 Å². The van der Waals surface area contributed by atoms with Crippen LogP contribution in [0.2, 0.25) is 0 Å². The van der Waals surface area contributed by atoms with E-state index in [-0.39, 0.29) is 5.84 Å². The summed E-state index contributed by atoms with van der Waals surface area (Å²) < 4.78 is 0. The summed E-state index contributed by atoms with van der Waals surface area (Å²) in [6, 6.07) is 12.0. The third kappa shape index (κ3) is 3.26. The molecule has 0 aliphatic heterocycles. The van der Waals surface area contributed by atoms with Gasteiger partial charge in [0.25, 0.3) is 0 Å². The minimum absolute atomic E-state index is 0.0119. The number of anilines is 1. The Morgan fingerprint density at radius 3 is 2.75 bits per heavy atom. The monoisotopic (exact) mass is 270 g/mol. The van der Waals surface area contributed by atoms with E-state index in [0.29, 0.717) is 5.69 Å². The van der Waals surface area contributed by atoms with Gasteiger partial charge in [0.05, 0.1) is 11.9 Å². The van der Waals surface area contributed by atoms with Gasteiger partial charge in [0.2, 0.25) is 0 Å². The van der Waals surface area contributed by atoms with Crippen molar-refractivity contribution >= 4 is 11.5 Å². The first kappa shape index (κ1) is 13.9. The highest BCUT2D eigenvalue weighted by Crippen LogP contribution is 2.15. The van der Waals surface area contributed by atoms with Gasteiger partial charge in [-0.25, -0.2) is 0 Å². The number of nitrogens with two attached hydrogens (primary N) is 1. The molecule has 0 unspecified atom stereocenters. The second-order valence-electron chi connectivity index (χ2n) is 4.73. The molecule has 2 rings (SSSR count). The van der Waals surface area contributed by atoms with Crippen molar-refractivity contribution < 1.29 is 5.21 Å². The lowest BCUT2D eigenvalue weighted by Gasteiger charge is -2.19. The molecule has 5 nitrogen and oxygen atoms in total. The van der Waals surface area contributed by atoms with Crippen molar-refractivity contribution in [2.45, 2.75) is 13.5 Å². The fourth-order valence-corrected chi connectivity index (χ4v) is 1.99. The van der Waals surface area contributed by atoms with E-state index in [2.05, 4.69) is 46.2 Å². The smallest absolute Gasteiger partial charge is 0.188 e. The van der Waals surface area contributed by atoms with Crippen molar-refractivity contribution in [2.75, 3.05) is 11.9 Å². The number of nitrogens with zero attached hydrogens (tertiary/aromatic N) is 3. The summed E-state index contributed by atoms with van der Waals surface area (Å²) in [5.74, 6) is 0.0119. The quantitative estimate of drug-likeness (QED) is 0.386. The third-order valence-corrected chi connectivity index (χ3v) is 3.06. The first-order valence-corrected chi connectivity index (χ1v) is 6.31. The van der Waals surface area contributed by atoms with Crippen molar-refractivity contribution in [3.63, 3.8) is 0 Å². The largest absolute Gasteiger partial charge is 0.409 e. The Morgan fingerprint density at radius 1 is 1.35 bits per heavy atom. The second kappa shape index (κ2) is 6.06. The number of hydrogen-bond acceptors (Lipinski definition) is 4. The standard InChI is InChI=1S/C15H18N4O/c1-11-4-3-5-12(8-11)10-19(2)13-6-7-14(17-9-13)15(16)18-20/h3-9,20H,10H2,1-2H3,(H2,16,18). The molecule has 0 saturated heterocycles. The van der Waals surface area contributed by atoms with Gasteiger partial charge in [0.15, 0.2) is 5.84 Å². The Balaban J connectivity index is 2.11. The molecule has 0 saturated carbocycles. The van der Waals surface area contributed by atoms with E-state index in [1.807, 2.05) is 13.1 Å². The summed E-state index contributed by atoms with van der Waals surface area (Å²) in [5.41, 5.74) is 9.41. The Hall–Kier alpha value is -2.56. The topological polar surface area (TPSA) is 74.7 Å². The highest BCUT2D eigenvalue weighted by Gasteiger charge is 2.05. The maximum atomic E-state index is 8.60. The molecule has 1 aromatic heterocycles. The van der Waals surface area contributed by atoms with Crippen molar-refractivity contribution in [3.05, 3.63) is 59.4 Å². The Kier molecular flexibility index (Phi) is 4.20. The zero-order valence-electron chi connectivity index (χ0n) is 11.6. The minimum atomic E-state index is 0.0119. The Labute approximate surface area is 118 Å². The molecular weight excluding hydrogens is 252 g/mol. The van der Waals surface area contributed by atoms with Crippen molar-refractivity contribution in [2.24, 2.45) is 10.9 Å². The SMILES string of the molecule is Cc1cccc(CN(C)c2ccc(/C(N)=N/O)nc2)c1. The summed E-state index contributed by atoms with van der Waals surface area (Å²) in [4.78, 5) is 6.27. The average Bonchev–Trinajstić information content (AvgIpc) is 2.46. The maximum absolute atomic E-state index is 8.60. The lowest BCUT2D eigenvalue weighted by molar-refractivity contribution is 0.318. The van der Waals surface area contributed by atoms with Crippen LogP contribution in [0.3, 0.4) is 0 Å². The normalized spacial score (nSPS) is 11.4. The van der Waals surface area contributed by atoms with Gasteiger partial charge < -0.3 is 15.8 Å². The molecule has 0 atom stereocenters. The van der Waals surface area contributed by atoms with Crippen molar-refractivity contribution in [1.82, 2.24) is 4.98 Å². The van der Waals surface area contributed by atoms with Crippen LogP contribution in [0.25, 0.3) is 0 Å². The molecule has 0 aliphatic rings. The fourth-order valence-electron chi connectivity index (χ4n) is 1.99. The predicted octanol–water partition coefficient (Wildman–Crippen LogP) is 2.12. The molecule has 0 aliphatic carbocycles. The van der Waals surface area contributed by atoms with Gasteiger partial charge in [-0.05, 0) is 24.6 Å². The summed E-state index contributed by atoms with van der Waals surface area (Å²) in [6.07, 6.45) is 1.71. The predicted molar refractivity (Wildman–Crippen MR) is 80.0 cm³/mol. The van der Waals surface area contributed by atoms with Gasteiger partial charge in [0, 0.05) is 13.6 Å². The van der Waals surface area contributed by atoms with Gasteiger partial charge >= 0.3 is 0 Å². The van der Waals surface area contributed by atoms with Gasteiger partial charge in [-0.2, -0.15) is 0 Å². The van der Waals surface area contributed by atoms with E-state index >= 15 is 0 Å². The highest BCUT2D eigenvalue weighted by atomic mass is 16.4. The summed E-state index contributed by atoms with van der Waals surface area (Å²) in [7, 11) is 2.00. The van der Waals surface area contributed by atoms with Crippen molar-refractivity contribution in [3.8, 4) is 0 Å². The van der Waals surface area contributed by atoms with E-state index in [4.69, 9.17) is 10.9 Å². The van der Waals surface area contributed by atoms with Crippen LogP contribution in [-0.4, -0.2) is 23.1 Å². The molecule has 5 heteroatoms. The summed E-state index contributed by atoms with van der Waals surface area (Å²) >= 11 is 0. The van der Waals surface area contributed by atoms with Crippen LogP contribution >= 0.6 is 0 Å². The number of hydrogen-bond donors (Lipinski definition) is 2. The molecule has 1 heterocycles. The number of aromatic nitrogens is 1. The zero-order chi connectivity index (χ0) is 14.5. The summed E-state index contributed by atoms with van der Waals surface area (Å²) in [5, 5.41) is 11.5. The molecule has 2 aromatic rings. The van der Waals surface area contributed by atoms with Gasteiger partial charge in [-0.15, -0.1) is 0 Å². The minimum Gasteiger partial charge on any atom is -0.409 e. The third-order valence-electron chi connectivity index (χ3n) is 3.06. The van der Waals surface area contributed by atoms with E-state index in [1.54, 1.807) is 12.3 Å². The van der Waals surface area contributed by atoms with Crippen LogP contribution in [0.5, 0.6) is 0 Å². The lowest BCUT2D eigenvalue weighted by Crippen LogP contribution is -2.18. The van der Waals surface area contributed by atoms with Crippen LogP contribution in [-0.2, 0) is 6.54 Å². The van der Waals surface area contributed by atoms with E-state index in [1.165, 1.54) is 11.1 Å². The second-order valence-corrected chi connectivity index (χ2v) is 4.73. The number of oxime groups is 1. The average molecular weight is 270 g/mol. The number of benzene rings is 1. The first-order valence-electron chi connectivity index (χ1n) is 6.31. The molecule has 20 heavy (non-hydrogen) atoms. The first-order chi connectivity index (χ1) is 9.60. The Bertz CT molecular complexity index is 608. The molecule has 3 N–H and O–H groups in total. The van der Waals surface area contributed by atoms with E-state index < -0.39 is 0 Å². The van der Waals surface area contributed by atoms with Gasteiger partial charge in [-0.3, -0.25) is 4.98 Å². The van der Waals surface area contributed by atoms with Crippen LogP contribution in [0.15, 0.2) is 47.8 Å². The number of pyridine rings is 1. The van der Waals surface area contributed by atoms with E-state index in [9.17, 15) is 0 Å². The van der Waals surface area contributed by atoms with Crippen LogP contribution in [0.1, 0.15) is 16.8 Å². The number of rotatable bonds is 4. The molecular formula is C15H18N4O. The molecule has 0 amide bonds. The molecule has 1 aromatic carbocycles. The maximum Gasteiger partial charge on any atom is 0.188 e. The number of aryl methyl sites for hydroxylation is 1. The number of amidine groups is 1. The van der Waals surface area contributed by atoms with E-state index in [0.717, 1.165) is 12.2 Å². The zero-order valence-corrected chi connectivity index (χ0v) is 11.6. The fraction of sp³-hybridized carbons (Fsp3) is 0.200. The molecule has 0 fully saturated rings. The van der Waals surface area contributed by atoms with Gasteiger partial charge in [-0.1, -0.05) is 35.0 Å². The van der Waals surface area contributed by atoms with Crippen molar-refractivity contribution in [1.29, 1.82) is 0 Å². The Morgan fingerprint density at radius 2 is 2.15 bits per heavy atom. The summed E-state index contributed by atoms with van der Waals surface area (Å²) in [6.45, 7) is 2.88. The molecule has 0 radical (unpaired) electrons.